The molecule has 0 aromatic heterocycles. The minimum Gasteiger partial charge on any atom is -0.271 e. The van der Waals surface area contributed by atoms with E-state index >= 15 is 0 Å². The van der Waals surface area contributed by atoms with Gasteiger partial charge in [-0.05, 0) is 31.2 Å². The van der Waals surface area contributed by atoms with Crippen LogP contribution in [0.3, 0.4) is 0 Å². The largest absolute Gasteiger partial charge is 0.271 e. The molecule has 0 radical (unpaired) electrons. The maximum atomic E-state index is 13.2. The van der Waals surface area contributed by atoms with Gasteiger partial charge in [0.05, 0.1) is 15.5 Å². The van der Waals surface area contributed by atoms with Gasteiger partial charge in [-0.3, -0.25) is 19.2 Å². The first-order valence-corrected chi connectivity index (χ1v) is 10.5. The number of nitrogens with one attached hydrogen (secondary N) is 1. The Balaban J connectivity index is 2.39. The smallest absolute Gasteiger partial charge is 0.269 e. The van der Waals surface area contributed by atoms with Gasteiger partial charge in [-0.25, -0.2) is 13.8 Å². The second-order valence-corrected chi connectivity index (χ2v) is 9.44. The Morgan fingerprint density at radius 3 is 2.17 bits per heavy atom. The monoisotopic (exact) mass is 432 g/mol. The van der Waals surface area contributed by atoms with Crippen molar-refractivity contribution in [3.63, 3.8) is 0 Å². The first-order valence-electron chi connectivity index (χ1n) is 9.09. The average Bonchev–Trinajstić information content (AvgIpc) is 2.70. The maximum absolute atomic E-state index is 13.2. The van der Waals surface area contributed by atoms with Gasteiger partial charge in [-0.2, -0.15) is 5.10 Å². The van der Waals surface area contributed by atoms with Crippen LogP contribution in [0.1, 0.15) is 27.7 Å². The molecule has 1 amide bonds. The van der Waals surface area contributed by atoms with Crippen molar-refractivity contribution in [2.45, 2.75) is 32.6 Å². The minimum absolute atomic E-state index is 0.00877. The summed E-state index contributed by atoms with van der Waals surface area (Å²) in [6.07, 6.45) is 0. The fourth-order valence-corrected chi connectivity index (χ4v) is 3.70. The van der Waals surface area contributed by atoms with Crippen LogP contribution in [-0.2, 0) is 14.8 Å². The molecule has 9 nitrogen and oxygen atoms in total. The van der Waals surface area contributed by atoms with Gasteiger partial charge in [-0.1, -0.05) is 39.0 Å². The zero-order valence-electron chi connectivity index (χ0n) is 17.2. The number of anilines is 1. The van der Waals surface area contributed by atoms with E-state index in [1.807, 2.05) is 20.8 Å². The summed E-state index contributed by atoms with van der Waals surface area (Å²) in [5.74, 6) is -0.642. The van der Waals surface area contributed by atoms with Crippen molar-refractivity contribution in [1.82, 2.24) is 5.43 Å². The average molecular weight is 433 g/mol. The second-order valence-electron chi connectivity index (χ2n) is 7.58. The molecule has 0 saturated heterocycles. The van der Waals surface area contributed by atoms with Crippen LogP contribution in [0.2, 0.25) is 0 Å². The number of hydrogen-bond donors (Lipinski definition) is 1. The van der Waals surface area contributed by atoms with Crippen LogP contribution in [-0.4, -0.2) is 31.5 Å². The number of hydrazone groups is 1. The molecule has 10 heteroatoms. The molecule has 0 saturated carbocycles. The van der Waals surface area contributed by atoms with Gasteiger partial charge < -0.3 is 0 Å². The number of carbonyl (C=O) groups excluding carboxylic acids is 1. The molecule has 0 spiro atoms. The molecule has 1 N–H and O–H groups in total. The fourth-order valence-electron chi connectivity index (χ4n) is 2.26. The number of amides is 1. The van der Waals surface area contributed by atoms with Crippen molar-refractivity contribution in [3.8, 4) is 0 Å². The van der Waals surface area contributed by atoms with Crippen LogP contribution in [0.15, 0.2) is 64.6 Å². The molecule has 0 fully saturated rings. The SMILES string of the molecule is C/C(=N\NC(=O)CN(c1ccc([N+](=O)[O-])cc1)S(=O)(=O)c1ccccc1)C(C)(C)C. The Bertz CT molecular complexity index is 1040. The lowest BCUT2D eigenvalue weighted by molar-refractivity contribution is -0.384. The van der Waals surface area contributed by atoms with Gasteiger partial charge in [0.1, 0.15) is 6.54 Å². The van der Waals surface area contributed by atoms with Crippen molar-refractivity contribution < 1.29 is 18.1 Å². The van der Waals surface area contributed by atoms with Crippen LogP contribution in [0, 0.1) is 15.5 Å². The zero-order chi connectivity index (χ0) is 22.5. The molecular weight excluding hydrogens is 408 g/mol. The molecule has 0 atom stereocenters. The van der Waals surface area contributed by atoms with Crippen molar-refractivity contribution in [2.24, 2.45) is 10.5 Å². The van der Waals surface area contributed by atoms with Crippen molar-refractivity contribution in [1.29, 1.82) is 0 Å². The lowest BCUT2D eigenvalue weighted by atomic mass is 9.91. The number of nitro benzene ring substituents is 1. The Morgan fingerprint density at radius 2 is 1.67 bits per heavy atom. The van der Waals surface area contributed by atoms with E-state index in [1.165, 1.54) is 36.4 Å². The third-order valence-corrected chi connectivity index (χ3v) is 6.19. The standard InChI is InChI=1S/C20H24N4O5S/c1-15(20(2,3)4)21-22-19(25)14-23(16-10-12-17(13-11-16)24(26)27)30(28,29)18-8-6-5-7-9-18/h5-13H,14H2,1-4H3,(H,22,25)/b21-15+. The number of benzene rings is 2. The number of nitrogens with zero attached hydrogens (tertiary/aromatic N) is 3. The number of carbonyl (C=O) groups is 1. The molecule has 0 heterocycles. The van der Waals surface area contributed by atoms with E-state index in [-0.39, 0.29) is 21.7 Å². The van der Waals surface area contributed by atoms with E-state index in [0.29, 0.717) is 5.71 Å². The van der Waals surface area contributed by atoms with Crippen LogP contribution in [0.5, 0.6) is 0 Å². The summed E-state index contributed by atoms with van der Waals surface area (Å²) in [6.45, 7) is 7.01. The van der Waals surface area contributed by atoms with Crippen LogP contribution in [0.25, 0.3) is 0 Å². The quantitative estimate of drug-likeness (QED) is 0.408. The number of sulfonamides is 1. The molecule has 0 aliphatic heterocycles. The predicted molar refractivity (Wildman–Crippen MR) is 115 cm³/mol. The first kappa shape index (κ1) is 23.0. The first-order chi connectivity index (χ1) is 13.9. The Morgan fingerprint density at radius 1 is 1.10 bits per heavy atom. The third-order valence-electron chi connectivity index (χ3n) is 4.40. The van der Waals surface area contributed by atoms with Crippen LogP contribution < -0.4 is 9.73 Å². The molecule has 0 unspecified atom stereocenters. The molecule has 2 aromatic carbocycles. The number of rotatable bonds is 7. The van der Waals surface area contributed by atoms with Gasteiger partial charge in [0.15, 0.2) is 0 Å². The zero-order valence-corrected chi connectivity index (χ0v) is 18.0. The lowest BCUT2D eigenvalue weighted by Crippen LogP contribution is -2.40. The molecule has 0 aliphatic carbocycles. The maximum Gasteiger partial charge on any atom is 0.269 e. The molecular formula is C20H24N4O5S. The van der Waals surface area contributed by atoms with Crippen molar-refractivity contribution >= 4 is 33.0 Å². The Hall–Kier alpha value is -3.27. The Labute approximate surface area is 175 Å². The van der Waals surface area contributed by atoms with Crippen molar-refractivity contribution in [3.05, 3.63) is 64.7 Å². The predicted octanol–water partition coefficient (Wildman–Crippen LogP) is 3.33. The Kier molecular flexibility index (Phi) is 6.93. The summed E-state index contributed by atoms with van der Waals surface area (Å²) >= 11 is 0. The summed E-state index contributed by atoms with van der Waals surface area (Å²) in [6, 6.07) is 12.6. The van der Waals surface area contributed by atoms with Gasteiger partial charge in [0.25, 0.3) is 21.6 Å². The van der Waals surface area contributed by atoms with Crippen LogP contribution >= 0.6 is 0 Å². The van der Waals surface area contributed by atoms with Gasteiger partial charge in [-0.15, -0.1) is 0 Å². The highest BCUT2D eigenvalue weighted by Crippen LogP contribution is 2.25. The summed E-state index contributed by atoms with van der Waals surface area (Å²) in [5.41, 5.74) is 2.72. The highest BCUT2D eigenvalue weighted by molar-refractivity contribution is 7.92. The van der Waals surface area contributed by atoms with Crippen LogP contribution in [0.4, 0.5) is 11.4 Å². The summed E-state index contributed by atoms with van der Waals surface area (Å²) in [5, 5.41) is 14.9. The molecule has 0 bridgehead atoms. The van der Waals surface area contributed by atoms with E-state index in [9.17, 15) is 23.3 Å². The van der Waals surface area contributed by atoms with E-state index in [4.69, 9.17) is 0 Å². The molecule has 30 heavy (non-hydrogen) atoms. The van der Waals surface area contributed by atoms with Gasteiger partial charge in [0.2, 0.25) is 0 Å². The molecule has 160 valence electrons. The molecule has 0 aliphatic rings. The van der Waals surface area contributed by atoms with Gasteiger partial charge in [0, 0.05) is 23.3 Å². The minimum atomic E-state index is -4.10. The number of nitro groups is 1. The number of hydrogen-bond acceptors (Lipinski definition) is 6. The van der Waals surface area contributed by atoms with E-state index in [2.05, 4.69) is 10.5 Å². The third kappa shape index (κ3) is 5.63. The summed E-state index contributed by atoms with van der Waals surface area (Å²) in [7, 11) is -4.10. The highest BCUT2D eigenvalue weighted by Gasteiger charge is 2.27. The van der Waals surface area contributed by atoms with E-state index < -0.39 is 27.4 Å². The highest BCUT2D eigenvalue weighted by atomic mass is 32.2. The topological polar surface area (TPSA) is 122 Å². The van der Waals surface area contributed by atoms with E-state index in [0.717, 1.165) is 4.31 Å². The molecule has 2 aromatic rings. The normalized spacial score (nSPS) is 12.3. The summed E-state index contributed by atoms with van der Waals surface area (Å²) in [4.78, 5) is 22.8. The fraction of sp³-hybridized carbons (Fsp3) is 0.300. The lowest BCUT2D eigenvalue weighted by Gasteiger charge is -2.24. The van der Waals surface area contributed by atoms with E-state index in [1.54, 1.807) is 25.1 Å². The second kappa shape index (κ2) is 9.04. The van der Waals surface area contributed by atoms with Crippen molar-refractivity contribution in [2.75, 3.05) is 10.8 Å². The number of non-ortho nitro benzene ring substituents is 1. The molecule has 2 rings (SSSR count). The summed E-state index contributed by atoms with van der Waals surface area (Å²) < 4.78 is 27.2. The van der Waals surface area contributed by atoms with Gasteiger partial charge >= 0.3 is 0 Å².